The summed E-state index contributed by atoms with van der Waals surface area (Å²) in [5, 5.41) is 2.81. The number of anilines is 2. The summed E-state index contributed by atoms with van der Waals surface area (Å²) in [6, 6.07) is 14.7. The lowest BCUT2D eigenvalue weighted by molar-refractivity contribution is -0.114. The third-order valence-electron chi connectivity index (χ3n) is 5.23. The first-order chi connectivity index (χ1) is 17.7. The maximum Gasteiger partial charge on any atom is 0.340 e. The Morgan fingerprint density at radius 1 is 0.865 bits per heavy atom. The average Bonchev–Trinajstić information content (AvgIpc) is 2.91. The van der Waals surface area contributed by atoms with E-state index in [4.69, 9.17) is 30.5 Å². The van der Waals surface area contributed by atoms with Gasteiger partial charge in [0.15, 0.2) is 11.5 Å². The van der Waals surface area contributed by atoms with Gasteiger partial charge in [-0.25, -0.2) is 13.2 Å². The summed E-state index contributed by atoms with van der Waals surface area (Å²) in [5.74, 6) is -0.868. The van der Waals surface area contributed by atoms with Crippen LogP contribution in [-0.2, 0) is 19.6 Å². The maximum absolute atomic E-state index is 13.6. The zero-order valence-electron chi connectivity index (χ0n) is 20.5. The highest BCUT2D eigenvalue weighted by Crippen LogP contribution is 2.36. The third kappa shape index (κ3) is 6.07. The molecule has 0 fully saturated rings. The Morgan fingerprint density at radius 3 is 2.08 bits per heavy atom. The SMILES string of the molecule is COC(=O)c1cc(OC)c(OC)cc1NC(=O)CN(c1cc(Cl)ccc1OC)S(=O)(=O)c1ccccc1. The number of rotatable bonds is 10. The van der Waals surface area contributed by atoms with E-state index in [1.165, 1.54) is 70.9 Å². The van der Waals surface area contributed by atoms with Gasteiger partial charge in [0.25, 0.3) is 10.0 Å². The second-order valence-electron chi connectivity index (χ2n) is 7.43. The minimum atomic E-state index is -4.25. The first kappa shape index (κ1) is 27.6. The standard InChI is InChI=1S/C25H25ClN2O8S/c1-33-21-11-10-16(26)12-20(21)28(37(31,32)17-8-6-5-7-9-17)15-24(29)27-19-14-23(35-3)22(34-2)13-18(19)25(30)36-4/h5-14H,15H2,1-4H3,(H,27,29). The second kappa shape index (κ2) is 11.8. The van der Waals surface area contributed by atoms with E-state index in [1.807, 2.05) is 0 Å². The Bertz CT molecular complexity index is 1400. The molecule has 0 aliphatic heterocycles. The highest BCUT2D eigenvalue weighted by molar-refractivity contribution is 7.92. The smallest absolute Gasteiger partial charge is 0.340 e. The van der Waals surface area contributed by atoms with Crippen LogP contribution in [0.4, 0.5) is 11.4 Å². The van der Waals surface area contributed by atoms with Crippen LogP contribution in [0.1, 0.15) is 10.4 Å². The highest BCUT2D eigenvalue weighted by atomic mass is 35.5. The van der Waals surface area contributed by atoms with Gasteiger partial charge in [0.1, 0.15) is 12.3 Å². The average molecular weight is 549 g/mol. The van der Waals surface area contributed by atoms with Gasteiger partial charge in [-0.15, -0.1) is 0 Å². The van der Waals surface area contributed by atoms with Crippen LogP contribution in [0, 0.1) is 0 Å². The number of carbonyl (C=O) groups is 2. The van der Waals surface area contributed by atoms with Gasteiger partial charge in [0.2, 0.25) is 5.91 Å². The lowest BCUT2D eigenvalue weighted by Gasteiger charge is -2.26. The number of benzene rings is 3. The quantitative estimate of drug-likeness (QED) is 0.378. The van der Waals surface area contributed by atoms with E-state index in [9.17, 15) is 18.0 Å². The number of esters is 1. The van der Waals surface area contributed by atoms with Crippen LogP contribution < -0.4 is 23.8 Å². The van der Waals surface area contributed by atoms with E-state index < -0.39 is 28.4 Å². The zero-order valence-corrected chi connectivity index (χ0v) is 22.1. The molecule has 196 valence electrons. The largest absolute Gasteiger partial charge is 0.495 e. The zero-order chi connectivity index (χ0) is 27.2. The van der Waals surface area contributed by atoms with Crippen molar-refractivity contribution in [3.63, 3.8) is 0 Å². The van der Waals surface area contributed by atoms with Crippen LogP contribution in [-0.4, -0.2) is 55.3 Å². The Hall–Kier alpha value is -3.96. The van der Waals surface area contributed by atoms with Crippen LogP contribution in [0.5, 0.6) is 17.2 Å². The van der Waals surface area contributed by atoms with Crippen molar-refractivity contribution in [2.45, 2.75) is 4.90 Å². The number of amides is 1. The molecule has 0 heterocycles. The number of halogens is 1. The number of carbonyl (C=O) groups excluding carboxylic acids is 2. The van der Waals surface area contributed by atoms with Crippen molar-refractivity contribution in [3.8, 4) is 17.2 Å². The molecule has 3 rings (SSSR count). The molecule has 0 saturated heterocycles. The predicted octanol–water partition coefficient (Wildman–Crippen LogP) is 3.99. The number of hydrogen-bond donors (Lipinski definition) is 1. The van der Waals surface area contributed by atoms with Crippen LogP contribution in [0.2, 0.25) is 5.02 Å². The van der Waals surface area contributed by atoms with Crippen LogP contribution >= 0.6 is 11.6 Å². The molecule has 0 atom stereocenters. The molecule has 37 heavy (non-hydrogen) atoms. The fourth-order valence-electron chi connectivity index (χ4n) is 3.46. The summed E-state index contributed by atoms with van der Waals surface area (Å²) in [6.07, 6.45) is 0. The van der Waals surface area contributed by atoms with E-state index in [-0.39, 0.29) is 44.1 Å². The Balaban J connectivity index is 2.07. The highest BCUT2D eigenvalue weighted by Gasteiger charge is 2.30. The Morgan fingerprint density at radius 2 is 1.49 bits per heavy atom. The summed E-state index contributed by atoms with van der Waals surface area (Å²) in [4.78, 5) is 25.6. The van der Waals surface area contributed by atoms with Gasteiger partial charge in [-0.05, 0) is 30.3 Å². The molecule has 0 saturated carbocycles. The fraction of sp³-hybridized carbons (Fsp3) is 0.200. The first-order valence-electron chi connectivity index (χ1n) is 10.7. The monoisotopic (exact) mass is 548 g/mol. The molecule has 10 nitrogen and oxygen atoms in total. The minimum absolute atomic E-state index is 0.0219. The number of ether oxygens (including phenoxy) is 4. The minimum Gasteiger partial charge on any atom is -0.495 e. The van der Waals surface area contributed by atoms with Crippen molar-refractivity contribution in [1.29, 1.82) is 0 Å². The first-order valence-corrected chi connectivity index (χ1v) is 12.5. The fourth-order valence-corrected chi connectivity index (χ4v) is 5.07. The molecule has 0 bridgehead atoms. The lowest BCUT2D eigenvalue weighted by atomic mass is 10.1. The molecule has 0 aliphatic rings. The van der Waals surface area contributed by atoms with Crippen LogP contribution in [0.15, 0.2) is 65.6 Å². The number of nitrogens with zero attached hydrogens (tertiary/aromatic N) is 1. The molecule has 12 heteroatoms. The van der Waals surface area contributed by atoms with Gasteiger partial charge in [0, 0.05) is 17.2 Å². The summed E-state index contributed by atoms with van der Waals surface area (Å²) < 4.78 is 48.8. The molecule has 0 radical (unpaired) electrons. The molecule has 1 amide bonds. The molecule has 0 aliphatic carbocycles. The Kier molecular flexibility index (Phi) is 8.85. The summed E-state index contributed by atoms with van der Waals surface area (Å²) in [7, 11) is 1.08. The van der Waals surface area contributed by atoms with E-state index in [2.05, 4.69) is 5.32 Å². The topological polar surface area (TPSA) is 120 Å². The van der Waals surface area contributed by atoms with Crippen LogP contribution in [0.3, 0.4) is 0 Å². The molecule has 0 aromatic heterocycles. The van der Waals surface area contributed by atoms with E-state index >= 15 is 0 Å². The van der Waals surface area contributed by atoms with E-state index in [1.54, 1.807) is 18.2 Å². The third-order valence-corrected chi connectivity index (χ3v) is 7.24. The van der Waals surface area contributed by atoms with Crippen LogP contribution in [0.25, 0.3) is 0 Å². The summed E-state index contributed by atoms with van der Waals surface area (Å²) in [5.41, 5.74) is 0.0606. The molecule has 1 N–H and O–H groups in total. The van der Waals surface area contributed by atoms with Gasteiger partial charge in [-0.3, -0.25) is 9.10 Å². The maximum atomic E-state index is 13.6. The van der Waals surface area contributed by atoms with Gasteiger partial charge in [0.05, 0.1) is 50.3 Å². The van der Waals surface area contributed by atoms with E-state index in [0.29, 0.717) is 0 Å². The molecule has 3 aromatic rings. The lowest BCUT2D eigenvalue weighted by Crippen LogP contribution is -2.38. The molecule has 3 aromatic carbocycles. The van der Waals surface area contributed by atoms with Gasteiger partial charge >= 0.3 is 5.97 Å². The van der Waals surface area contributed by atoms with Crippen molar-refractivity contribution in [3.05, 3.63) is 71.2 Å². The van der Waals surface area contributed by atoms with Crippen molar-refractivity contribution >= 4 is 44.9 Å². The number of methoxy groups -OCH3 is 4. The normalized spacial score (nSPS) is 10.8. The van der Waals surface area contributed by atoms with Crippen molar-refractivity contribution < 1.29 is 37.0 Å². The summed E-state index contributed by atoms with van der Waals surface area (Å²) >= 11 is 6.16. The predicted molar refractivity (Wildman–Crippen MR) is 138 cm³/mol. The van der Waals surface area contributed by atoms with Gasteiger partial charge in [-0.1, -0.05) is 29.8 Å². The number of hydrogen-bond acceptors (Lipinski definition) is 8. The molecular formula is C25H25ClN2O8S. The molecule has 0 spiro atoms. The van der Waals surface area contributed by atoms with Gasteiger partial charge in [-0.2, -0.15) is 0 Å². The number of nitrogens with one attached hydrogen (secondary N) is 1. The molecule has 0 unspecified atom stereocenters. The second-order valence-corrected chi connectivity index (χ2v) is 9.73. The van der Waals surface area contributed by atoms with Crippen molar-refractivity contribution in [2.75, 3.05) is 44.6 Å². The van der Waals surface area contributed by atoms with Gasteiger partial charge < -0.3 is 24.3 Å². The van der Waals surface area contributed by atoms with E-state index in [0.717, 1.165) is 4.31 Å². The summed E-state index contributed by atoms with van der Waals surface area (Å²) in [6.45, 7) is -0.678. The number of sulfonamides is 1. The van der Waals surface area contributed by atoms with Crippen molar-refractivity contribution in [2.24, 2.45) is 0 Å². The van der Waals surface area contributed by atoms with Crippen molar-refractivity contribution in [1.82, 2.24) is 0 Å². The molecular weight excluding hydrogens is 524 g/mol. The Labute approximate surface area is 219 Å².